The second-order valence-corrected chi connectivity index (χ2v) is 8.38. The molecule has 120 valence electrons. The predicted octanol–water partition coefficient (Wildman–Crippen LogP) is 3.62. The highest BCUT2D eigenvalue weighted by Crippen LogP contribution is 2.25. The van der Waals surface area contributed by atoms with Crippen LogP contribution in [0.25, 0.3) is 11.1 Å². The van der Waals surface area contributed by atoms with Gasteiger partial charge in [0.1, 0.15) is 5.52 Å². The van der Waals surface area contributed by atoms with Crippen LogP contribution in [0.15, 0.2) is 50.9 Å². The van der Waals surface area contributed by atoms with Crippen LogP contribution in [0.5, 0.6) is 0 Å². The van der Waals surface area contributed by atoms with Crippen LogP contribution in [0.2, 0.25) is 0 Å². The number of fused-ring (bicyclic) bond motifs is 1. The molecule has 2 heterocycles. The van der Waals surface area contributed by atoms with E-state index in [1.54, 1.807) is 25.1 Å². The number of sulfone groups is 1. The molecule has 0 atom stereocenters. The first-order valence-corrected chi connectivity index (χ1v) is 9.79. The monoisotopic (exact) mass is 348 g/mol. The third-order valence-corrected chi connectivity index (χ3v) is 6.03. The molecule has 1 aromatic carbocycles. The molecule has 0 unspecified atom stereocenters. The van der Waals surface area contributed by atoms with Gasteiger partial charge in [-0.05, 0) is 36.8 Å². The van der Waals surface area contributed by atoms with Crippen LogP contribution < -0.4 is 0 Å². The molecule has 23 heavy (non-hydrogen) atoms. The largest absolute Gasteiger partial charge is 0.440 e. The van der Waals surface area contributed by atoms with Crippen molar-refractivity contribution in [3.8, 4) is 0 Å². The predicted molar refractivity (Wildman–Crippen MR) is 90.3 cm³/mol. The highest BCUT2D eigenvalue weighted by molar-refractivity contribution is 7.98. The van der Waals surface area contributed by atoms with Gasteiger partial charge in [-0.3, -0.25) is 0 Å². The molecule has 5 nitrogen and oxygen atoms in total. The van der Waals surface area contributed by atoms with Crippen LogP contribution in [0.3, 0.4) is 0 Å². The Labute approximate surface area is 139 Å². The van der Waals surface area contributed by atoms with Crippen molar-refractivity contribution in [2.45, 2.75) is 29.5 Å². The second kappa shape index (κ2) is 6.33. The summed E-state index contributed by atoms with van der Waals surface area (Å²) in [4.78, 5) is 8.97. The SMILES string of the molecule is CCS(=O)(=O)c1ccc2oc(CSc3ccc(C)cn3)nc2c1. The van der Waals surface area contributed by atoms with Crippen molar-refractivity contribution in [1.29, 1.82) is 0 Å². The standard InChI is InChI=1S/C16H16N2O3S2/c1-3-23(19,20)12-5-6-14-13(8-12)18-15(21-14)10-22-16-7-4-11(2)9-17-16/h4-9H,3,10H2,1-2H3. The summed E-state index contributed by atoms with van der Waals surface area (Å²) in [6.45, 7) is 3.61. The van der Waals surface area contributed by atoms with Crippen LogP contribution in [0.4, 0.5) is 0 Å². The molecular formula is C16H16N2O3S2. The van der Waals surface area contributed by atoms with E-state index in [0.29, 0.717) is 22.7 Å². The van der Waals surface area contributed by atoms with Crippen molar-refractivity contribution in [2.24, 2.45) is 0 Å². The Hall–Kier alpha value is -1.86. The van der Waals surface area contributed by atoms with Crippen LogP contribution >= 0.6 is 11.8 Å². The molecule has 0 bridgehead atoms. The molecule has 0 aliphatic rings. The average molecular weight is 348 g/mol. The van der Waals surface area contributed by atoms with Crippen molar-refractivity contribution >= 4 is 32.7 Å². The lowest BCUT2D eigenvalue weighted by Gasteiger charge is -1.99. The van der Waals surface area contributed by atoms with E-state index in [2.05, 4.69) is 9.97 Å². The molecule has 0 aliphatic heterocycles. The van der Waals surface area contributed by atoms with E-state index in [1.165, 1.54) is 11.8 Å². The first-order chi connectivity index (χ1) is 11.0. The number of aromatic nitrogens is 2. The maximum absolute atomic E-state index is 11.9. The van der Waals surface area contributed by atoms with Crippen molar-refractivity contribution in [2.75, 3.05) is 5.75 Å². The molecule has 0 saturated carbocycles. The Morgan fingerprint density at radius 3 is 2.74 bits per heavy atom. The zero-order valence-electron chi connectivity index (χ0n) is 12.8. The van der Waals surface area contributed by atoms with E-state index in [-0.39, 0.29) is 10.6 Å². The van der Waals surface area contributed by atoms with Crippen molar-refractivity contribution in [3.63, 3.8) is 0 Å². The molecule has 0 spiro atoms. The Kier molecular flexibility index (Phi) is 4.41. The van der Waals surface area contributed by atoms with Gasteiger partial charge in [0.15, 0.2) is 15.4 Å². The van der Waals surface area contributed by atoms with E-state index >= 15 is 0 Å². The summed E-state index contributed by atoms with van der Waals surface area (Å²) < 4.78 is 29.5. The Morgan fingerprint density at radius 2 is 2.04 bits per heavy atom. The van der Waals surface area contributed by atoms with Gasteiger partial charge in [0.25, 0.3) is 0 Å². The number of benzene rings is 1. The summed E-state index contributed by atoms with van der Waals surface area (Å²) >= 11 is 1.53. The van der Waals surface area contributed by atoms with E-state index in [4.69, 9.17) is 4.42 Å². The quantitative estimate of drug-likeness (QED) is 0.656. The van der Waals surface area contributed by atoms with E-state index in [1.807, 2.05) is 25.3 Å². The fourth-order valence-electron chi connectivity index (χ4n) is 2.05. The molecular weight excluding hydrogens is 332 g/mol. The van der Waals surface area contributed by atoms with Gasteiger partial charge >= 0.3 is 0 Å². The molecule has 0 radical (unpaired) electrons. The summed E-state index contributed by atoms with van der Waals surface area (Å²) in [5, 5.41) is 0.895. The van der Waals surface area contributed by atoms with Crippen LogP contribution in [0.1, 0.15) is 18.4 Å². The average Bonchev–Trinajstić information content (AvgIpc) is 2.96. The normalized spacial score (nSPS) is 11.9. The third-order valence-electron chi connectivity index (χ3n) is 3.37. The van der Waals surface area contributed by atoms with Crippen molar-refractivity contribution in [3.05, 3.63) is 48.0 Å². The molecule has 0 N–H and O–H groups in total. The first kappa shape index (κ1) is 16.0. The summed E-state index contributed by atoms with van der Waals surface area (Å²) in [7, 11) is -3.24. The molecule has 0 amide bonds. The Balaban J connectivity index is 1.81. The highest BCUT2D eigenvalue weighted by atomic mass is 32.2. The number of pyridine rings is 1. The zero-order valence-corrected chi connectivity index (χ0v) is 14.4. The van der Waals surface area contributed by atoms with Gasteiger partial charge < -0.3 is 4.42 Å². The van der Waals surface area contributed by atoms with Crippen LogP contribution in [0, 0.1) is 6.92 Å². The fraction of sp³-hybridized carbons (Fsp3) is 0.250. The van der Waals surface area contributed by atoms with Crippen LogP contribution in [-0.2, 0) is 15.6 Å². The topological polar surface area (TPSA) is 73.1 Å². The molecule has 0 fully saturated rings. The van der Waals surface area contributed by atoms with Gasteiger partial charge in [-0.15, -0.1) is 0 Å². The minimum Gasteiger partial charge on any atom is -0.440 e. The summed E-state index contributed by atoms with van der Waals surface area (Å²) in [6, 6.07) is 8.74. The fourth-order valence-corrected chi connectivity index (χ4v) is 3.64. The first-order valence-electron chi connectivity index (χ1n) is 7.15. The lowest BCUT2D eigenvalue weighted by molar-refractivity contribution is 0.556. The van der Waals surface area contributed by atoms with E-state index in [9.17, 15) is 8.42 Å². The summed E-state index contributed by atoms with van der Waals surface area (Å²) in [5.74, 6) is 1.16. The van der Waals surface area contributed by atoms with E-state index < -0.39 is 9.84 Å². The number of nitrogens with zero attached hydrogens (tertiary/aromatic N) is 2. The number of hydrogen-bond acceptors (Lipinski definition) is 6. The molecule has 0 saturated heterocycles. The Morgan fingerprint density at radius 1 is 1.22 bits per heavy atom. The smallest absolute Gasteiger partial charge is 0.205 e. The van der Waals surface area contributed by atoms with Gasteiger partial charge in [0, 0.05) is 6.20 Å². The number of rotatable bonds is 5. The van der Waals surface area contributed by atoms with Gasteiger partial charge in [0.05, 0.1) is 21.4 Å². The number of hydrogen-bond donors (Lipinski definition) is 0. The zero-order chi connectivity index (χ0) is 16.4. The van der Waals surface area contributed by atoms with Crippen molar-refractivity contribution in [1.82, 2.24) is 9.97 Å². The minimum absolute atomic E-state index is 0.0676. The second-order valence-electron chi connectivity index (χ2n) is 5.10. The number of thioether (sulfide) groups is 1. The van der Waals surface area contributed by atoms with Crippen molar-refractivity contribution < 1.29 is 12.8 Å². The lowest BCUT2D eigenvalue weighted by atomic mass is 10.3. The third kappa shape index (κ3) is 3.56. The number of oxazole rings is 1. The molecule has 3 rings (SSSR count). The molecule has 0 aliphatic carbocycles. The summed E-state index contributed by atoms with van der Waals surface area (Å²) in [5.41, 5.74) is 2.26. The molecule has 2 aromatic heterocycles. The maximum atomic E-state index is 11.9. The van der Waals surface area contributed by atoms with Crippen LogP contribution in [-0.4, -0.2) is 24.1 Å². The van der Waals surface area contributed by atoms with Gasteiger partial charge in [0.2, 0.25) is 5.89 Å². The van der Waals surface area contributed by atoms with E-state index in [0.717, 1.165) is 10.6 Å². The maximum Gasteiger partial charge on any atom is 0.205 e. The molecule has 7 heteroatoms. The van der Waals surface area contributed by atoms with Gasteiger partial charge in [-0.1, -0.05) is 24.8 Å². The van der Waals surface area contributed by atoms with Gasteiger partial charge in [-0.25, -0.2) is 18.4 Å². The Bertz CT molecular complexity index is 932. The lowest BCUT2D eigenvalue weighted by Crippen LogP contribution is -2.03. The highest BCUT2D eigenvalue weighted by Gasteiger charge is 2.14. The van der Waals surface area contributed by atoms with Gasteiger partial charge in [-0.2, -0.15) is 0 Å². The number of aryl methyl sites for hydroxylation is 1. The summed E-state index contributed by atoms with van der Waals surface area (Å²) in [6.07, 6.45) is 1.82. The minimum atomic E-state index is -3.24. The molecule has 3 aromatic rings.